The van der Waals surface area contributed by atoms with Crippen LogP contribution in [0.25, 0.3) is 0 Å². The highest BCUT2D eigenvalue weighted by Gasteiger charge is 2.30. The molecule has 8 heteroatoms. The van der Waals surface area contributed by atoms with Gasteiger partial charge in [0, 0.05) is 34.3 Å². The third-order valence-electron chi connectivity index (χ3n) is 6.14. The number of carbonyl (C=O) groups excluding carboxylic acids is 1. The van der Waals surface area contributed by atoms with Crippen molar-refractivity contribution >= 4 is 29.6 Å². The number of nitrogens with one attached hydrogen (secondary N) is 1. The molecule has 1 N–H and O–H groups in total. The largest absolute Gasteiger partial charge is 0.490 e. The molecular formula is C26H34F2N2O2S2. The molecule has 0 spiro atoms. The molecular weight excluding hydrogens is 474 g/mol. The summed E-state index contributed by atoms with van der Waals surface area (Å²) in [6.07, 6.45) is 5.07. The smallest absolute Gasteiger partial charge is 0.225 e. The fourth-order valence-corrected chi connectivity index (χ4v) is 5.16. The first-order chi connectivity index (χ1) is 16.2. The number of nitrogens with zero attached hydrogens (tertiary/aromatic N) is 1. The van der Waals surface area contributed by atoms with Crippen molar-refractivity contribution in [3.8, 4) is 5.75 Å². The summed E-state index contributed by atoms with van der Waals surface area (Å²) in [6.45, 7) is 7.41. The number of amides is 1. The van der Waals surface area contributed by atoms with Gasteiger partial charge in [0.15, 0.2) is 11.6 Å². The average molecular weight is 509 g/mol. The van der Waals surface area contributed by atoms with E-state index in [0.717, 1.165) is 25.9 Å². The van der Waals surface area contributed by atoms with Crippen LogP contribution in [0.15, 0.2) is 46.2 Å². The van der Waals surface area contributed by atoms with Crippen molar-refractivity contribution in [1.29, 1.82) is 0 Å². The lowest BCUT2D eigenvalue weighted by Gasteiger charge is -2.33. The molecule has 1 amide bonds. The van der Waals surface area contributed by atoms with E-state index in [-0.39, 0.29) is 29.9 Å². The Morgan fingerprint density at radius 1 is 1.09 bits per heavy atom. The fraction of sp³-hybridized carbons (Fsp3) is 0.500. The lowest BCUT2D eigenvalue weighted by molar-refractivity contribution is -0.130. The predicted octanol–water partition coefficient (Wildman–Crippen LogP) is 6.47. The average Bonchev–Trinajstić information content (AvgIpc) is 2.83. The minimum absolute atomic E-state index is 0.0267. The summed E-state index contributed by atoms with van der Waals surface area (Å²) in [7, 11) is 0. The Hall–Kier alpha value is -1.77. The summed E-state index contributed by atoms with van der Waals surface area (Å²) in [4.78, 5) is 15.4. The van der Waals surface area contributed by atoms with Crippen LogP contribution in [-0.2, 0) is 4.79 Å². The van der Waals surface area contributed by atoms with E-state index < -0.39 is 17.0 Å². The van der Waals surface area contributed by atoms with Gasteiger partial charge in [-0.2, -0.15) is 4.39 Å². The highest BCUT2D eigenvalue weighted by atomic mass is 32.2. The molecule has 1 aliphatic heterocycles. The van der Waals surface area contributed by atoms with Crippen LogP contribution in [0.4, 0.5) is 8.78 Å². The van der Waals surface area contributed by atoms with Crippen LogP contribution < -0.4 is 10.1 Å². The second-order valence-corrected chi connectivity index (χ2v) is 11.3. The van der Waals surface area contributed by atoms with Crippen LogP contribution in [0.2, 0.25) is 0 Å². The van der Waals surface area contributed by atoms with Crippen LogP contribution in [0.5, 0.6) is 5.75 Å². The van der Waals surface area contributed by atoms with Crippen molar-refractivity contribution in [2.45, 2.75) is 62.3 Å². The molecule has 2 aromatic rings. The van der Waals surface area contributed by atoms with Crippen molar-refractivity contribution in [2.24, 2.45) is 5.41 Å². The van der Waals surface area contributed by atoms with Crippen LogP contribution in [0, 0.1) is 24.0 Å². The van der Waals surface area contributed by atoms with Gasteiger partial charge in [-0.3, -0.25) is 4.79 Å². The second kappa shape index (κ2) is 12.3. The Bertz CT molecular complexity index is 962. The Morgan fingerprint density at radius 3 is 2.38 bits per heavy atom. The summed E-state index contributed by atoms with van der Waals surface area (Å²) in [5, 5.41) is 3.21. The topological polar surface area (TPSA) is 41.6 Å². The third-order valence-corrected chi connectivity index (χ3v) is 7.99. The molecule has 0 aliphatic carbocycles. The lowest BCUT2D eigenvalue weighted by atomic mass is 9.86. The van der Waals surface area contributed by atoms with Gasteiger partial charge in [-0.1, -0.05) is 19.9 Å². The maximum Gasteiger partial charge on any atom is 0.225 e. The van der Waals surface area contributed by atoms with Gasteiger partial charge < -0.3 is 10.1 Å². The van der Waals surface area contributed by atoms with Gasteiger partial charge in [0.25, 0.3) is 0 Å². The zero-order valence-electron chi connectivity index (χ0n) is 20.3. The van der Waals surface area contributed by atoms with E-state index in [4.69, 9.17) is 4.74 Å². The van der Waals surface area contributed by atoms with E-state index in [1.165, 1.54) is 28.8 Å². The highest BCUT2D eigenvalue weighted by Crippen LogP contribution is 2.29. The molecule has 4 nitrogen and oxygen atoms in total. The van der Waals surface area contributed by atoms with E-state index in [2.05, 4.69) is 40.1 Å². The van der Waals surface area contributed by atoms with Crippen LogP contribution in [0.1, 0.15) is 45.1 Å². The van der Waals surface area contributed by atoms with E-state index in [1.54, 1.807) is 23.7 Å². The maximum absolute atomic E-state index is 13.9. The number of thioether (sulfide) groups is 1. The first kappa shape index (κ1) is 26.8. The van der Waals surface area contributed by atoms with Crippen molar-refractivity contribution in [3.63, 3.8) is 0 Å². The number of benzene rings is 2. The Balaban J connectivity index is 1.38. The number of rotatable bonds is 10. The molecule has 0 aromatic heterocycles. The second-order valence-electron chi connectivity index (χ2n) is 9.29. The summed E-state index contributed by atoms with van der Waals surface area (Å²) >= 11 is 3.51. The molecule has 0 saturated carbocycles. The molecule has 186 valence electrons. The van der Waals surface area contributed by atoms with Gasteiger partial charge in [-0.25, -0.2) is 8.70 Å². The molecule has 1 saturated heterocycles. The number of hydrogen-bond acceptors (Lipinski definition) is 5. The quantitative estimate of drug-likeness (QED) is 0.226. The van der Waals surface area contributed by atoms with E-state index in [1.807, 2.05) is 13.8 Å². The Kier molecular flexibility index (Phi) is 9.68. The number of piperidine rings is 1. The van der Waals surface area contributed by atoms with Crippen molar-refractivity contribution in [1.82, 2.24) is 9.62 Å². The summed E-state index contributed by atoms with van der Waals surface area (Å²) in [6, 6.07) is 11.7. The Morgan fingerprint density at radius 2 is 1.74 bits per heavy atom. The minimum atomic E-state index is -0.960. The first-order valence-corrected chi connectivity index (χ1v) is 13.6. The predicted molar refractivity (Wildman–Crippen MR) is 136 cm³/mol. The molecule has 1 aliphatic rings. The summed E-state index contributed by atoms with van der Waals surface area (Å²) < 4.78 is 35.4. The van der Waals surface area contributed by atoms with Gasteiger partial charge in [0.05, 0.1) is 6.61 Å². The molecule has 1 fully saturated rings. The van der Waals surface area contributed by atoms with Crippen molar-refractivity contribution in [3.05, 3.63) is 53.6 Å². The normalized spacial score (nSPS) is 15.4. The van der Waals surface area contributed by atoms with E-state index in [9.17, 15) is 13.6 Å². The monoisotopic (exact) mass is 508 g/mol. The van der Waals surface area contributed by atoms with Gasteiger partial charge >= 0.3 is 0 Å². The number of ether oxygens (including phenoxy) is 1. The lowest BCUT2D eigenvalue weighted by Crippen LogP contribution is -2.47. The molecule has 2 aromatic carbocycles. The molecule has 34 heavy (non-hydrogen) atoms. The van der Waals surface area contributed by atoms with Gasteiger partial charge in [-0.15, -0.1) is 11.8 Å². The van der Waals surface area contributed by atoms with Crippen LogP contribution >= 0.6 is 23.7 Å². The van der Waals surface area contributed by atoms with E-state index >= 15 is 0 Å². The van der Waals surface area contributed by atoms with Gasteiger partial charge in [0.2, 0.25) is 11.7 Å². The first-order valence-electron chi connectivity index (χ1n) is 11.6. The molecule has 0 bridgehead atoms. The third kappa shape index (κ3) is 7.36. The SMILES string of the molecule is CSc1ccc(SN2CCC(NC(=O)C(C)(C)CCCOc3ccc(C)c(F)c3F)CC2)cc1. The molecule has 1 heterocycles. The number of hydrogen-bond donors (Lipinski definition) is 1. The zero-order chi connectivity index (χ0) is 24.7. The number of halogens is 2. The van der Waals surface area contributed by atoms with Crippen molar-refractivity contribution in [2.75, 3.05) is 26.0 Å². The highest BCUT2D eigenvalue weighted by molar-refractivity contribution is 7.98. The molecule has 3 rings (SSSR count). The Labute approximate surface area is 210 Å². The maximum atomic E-state index is 13.9. The van der Waals surface area contributed by atoms with E-state index in [0.29, 0.717) is 12.8 Å². The standard InChI is InChI=1S/C26H34F2N2O2S2/c1-18-6-11-22(24(28)23(18)27)32-17-5-14-26(2,3)25(31)29-19-12-15-30(16-13-19)34-21-9-7-20(33-4)8-10-21/h6-11,19H,5,12-17H2,1-4H3,(H,29,31). The molecule has 0 radical (unpaired) electrons. The number of carbonyl (C=O) groups is 1. The van der Waals surface area contributed by atoms with Crippen LogP contribution in [-0.4, -0.2) is 42.2 Å². The fourth-order valence-electron chi connectivity index (χ4n) is 3.81. The molecule has 0 unspecified atom stereocenters. The molecule has 0 atom stereocenters. The van der Waals surface area contributed by atoms with Crippen LogP contribution in [0.3, 0.4) is 0 Å². The minimum Gasteiger partial charge on any atom is -0.490 e. The van der Waals surface area contributed by atoms with Crippen molar-refractivity contribution < 1.29 is 18.3 Å². The van der Waals surface area contributed by atoms with Gasteiger partial charge in [0.1, 0.15) is 0 Å². The number of aryl methyl sites for hydroxylation is 1. The van der Waals surface area contributed by atoms with Gasteiger partial charge in [-0.05, 0) is 86.7 Å². The zero-order valence-corrected chi connectivity index (χ0v) is 22.0. The summed E-state index contributed by atoms with van der Waals surface area (Å²) in [5.74, 6) is -1.90. The summed E-state index contributed by atoms with van der Waals surface area (Å²) in [5.41, 5.74) is -0.317.